The molecule has 4 fully saturated rings. The van der Waals surface area contributed by atoms with Gasteiger partial charge in [-0.3, -0.25) is 38.1 Å². The monoisotopic (exact) mass is 1530 g/mol. The molecule has 0 bridgehead atoms. The van der Waals surface area contributed by atoms with Crippen LogP contribution in [0.1, 0.15) is 75.5 Å². The van der Waals surface area contributed by atoms with Gasteiger partial charge >= 0.3 is 0 Å². The molecule has 3 amide bonds. The number of halogens is 3. The first kappa shape index (κ1) is 73.7. The summed E-state index contributed by atoms with van der Waals surface area (Å²) in [6, 6.07) is 29.3. The fraction of sp³-hybridized carbons (Fsp3) is 0.317. The molecule has 2 aromatic carbocycles. The predicted molar refractivity (Wildman–Crippen MR) is 421 cm³/mol. The van der Waals surface area contributed by atoms with Crippen LogP contribution in [0, 0.1) is 11.6 Å². The summed E-state index contributed by atoms with van der Waals surface area (Å²) in [5.74, 6) is 0.524. The summed E-state index contributed by atoms with van der Waals surface area (Å²) in [6.07, 6.45) is 16.1. The van der Waals surface area contributed by atoms with Crippen molar-refractivity contribution in [2.75, 3.05) is 109 Å². The average molecular weight is 1530 g/mol. The summed E-state index contributed by atoms with van der Waals surface area (Å²) in [5.41, 5.74) is 13.4. The lowest BCUT2D eigenvalue weighted by Crippen LogP contribution is -2.55. The number of benzene rings is 2. The predicted octanol–water partition coefficient (Wildman–Crippen LogP) is 9.87. The third-order valence-corrected chi connectivity index (χ3v) is 21.6. The number of aliphatic hydroxyl groups is 2. The molecular weight excluding hydrogens is 1450 g/mol. The van der Waals surface area contributed by atoms with Crippen LogP contribution in [0.4, 0.5) is 64.7 Å². The lowest BCUT2D eigenvalue weighted by molar-refractivity contribution is -0.0928. The van der Waals surface area contributed by atoms with Gasteiger partial charge in [0.15, 0.2) is 11.5 Å². The second-order valence-electron chi connectivity index (χ2n) is 30.1. The van der Waals surface area contributed by atoms with E-state index < -0.39 is 23.2 Å². The number of pyridine rings is 7. The SMILES string of the molecule is CC(C)(O)[C@@H]1CN(c2ccc(Nc3cnc(-c4cnc5c(F)cccn45)c4c3C(=O)NC4)nc2)CCO1.Cn1ccc2c(-c3ncc(Nc4ccc(N5CCO[C@H](C(C)(C)O)C5)cn4)c4c3CNC4=O)cccc21.O=C1NCc2c(-c3cnc4cc(F)ccn34)ccc(Nc3ccc(N4CCO[C@H](CN5CC(F)C5)C4)cn3)c21. The van der Waals surface area contributed by atoms with Gasteiger partial charge in [0.25, 0.3) is 17.7 Å². The number of nitrogens with zero attached hydrogens (tertiary/aromatic N) is 14. The second-order valence-corrected chi connectivity index (χ2v) is 30.1. The molecule has 19 rings (SSSR count). The number of aryl methyl sites for hydroxylation is 1. The van der Waals surface area contributed by atoms with Crippen LogP contribution in [0.3, 0.4) is 0 Å². The molecule has 12 aromatic rings. The highest BCUT2D eigenvalue weighted by Gasteiger charge is 2.37. The van der Waals surface area contributed by atoms with E-state index in [1.165, 1.54) is 18.2 Å². The number of hydrogen-bond acceptors (Lipinski definition) is 22. The molecule has 4 saturated heterocycles. The van der Waals surface area contributed by atoms with Gasteiger partial charge in [0, 0.05) is 143 Å². The van der Waals surface area contributed by atoms with Crippen molar-refractivity contribution < 1.29 is 52.0 Å². The minimum absolute atomic E-state index is 0.0376. The molecule has 113 heavy (non-hydrogen) atoms. The Kier molecular flexibility index (Phi) is 19.7. The maximum absolute atomic E-state index is 14.2. The molecule has 3 atom stereocenters. The molecule has 0 spiro atoms. The fourth-order valence-corrected chi connectivity index (χ4v) is 15.6. The van der Waals surface area contributed by atoms with Crippen LogP contribution in [-0.2, 0) is 40.9 Å². The van der Waals surface area contributed by atoms with E-state index in [1.807, 2.05) is 78.4 Å². The van der Waals surface area contributed by atoms with E-state index in [9.17, 15) is 37.8 Å². The highest BCUT2D eigenvalue weighted by molar-refractivity contribution is 6.08. The van der Waals surface area contributed by atoms with Gasteiger partial charge in [0.1, 0.15) is 47.3 Å². The molecule has 7 aliphatic heterocycles. The largest absolute Gasteiger partial charge is 0.388 e. The summed E-state index contributed by atoms with van der Waals surface area (Å²) in [4.78, 5) is 78.7. The van der Waals surface area contributed by atoms with Crippen LogP contribution < -0.4 is 46.6 Å². The molecule has 0 saturated carbocycles. The number of fused-ring (bicyclic) bond motifs is 6. The van der Waals surface area contributed by atoms with Gasteiger partial charge in [0.05, 0.1) is 154 Å². The topological polar surface area (TPSA) is 308 Å². The van der Waals surface area contributed by atoms with Crippen molar-refractivity contribution in [2.45, 2.75) is 83.0 Å². The summed E-state index contributed by atoms with van der Waals surface area (Å²) >= 11 is 0. The first-order valence-electron chi connectivity index (χ1n) is 37.5. The normalized spacial score (nSPS) is 18.4. The van der Waals surface area contributed by atoms with E-state index in [-0.39, 0.29) is 47.5 Å². The minimum atomic E-state index is -0.939. The lowest BCUT2D eigenvalue weighted by atomic mass is 9.99. The number of amides is 3. The minimum Gasteiger partial charge on any atom is -0.388 e. The first-order valence-corrected chi connectivity index (χ1v) is 37.5. The number of anilines is 9. The Hall–Kier alpha value is -12.1. The Morgan fingerprint density at radius 1 is 0.513 bits per heavy atom. The third kappa shape index (κ3) is 14.8. The summed E-state index contributed by atoms with van der Waals surface area (Å²) in [7, 11) is 2.02. The first-order chi connectivity index (χ1) is 54.6. The zero-order chi connectivity index (χ0) is 78.0. The lowest BCUT2D eigenvalue weighted by Gasteiger charge is -2.40. The van der Waals surface area contributed by atoms with E-state index in [4.69, 9.17) is 19.2 Å². The van der Waals surface area contributed by atoms with Crippen molar-refractivity contribution in [2.24, 2.45) is 7.05 Å². The number of aromatic nitrogens is 10. The average Bonchev–Trinajstić information content (AvgIpc) is 1.70. The number of morpholine rings is 3. The number of rotatable bonds is 16. The number of imidazole rings is 2. The van der Waals surface area contributed by atoms with Gasteiger partial charge in [-0.25, -0.2) is 38.1 Å². The maximum Gasteiger partial charge on any atom is 0.254 e. The number of carbonyl (C=O) groups excluding carboxylic acids is 3. The molecule has 17 heterocycles. The maximum atomic E-state index is 14.2. The van der Waals surface area contributed by atoms with Crippen molar-refractivity contribution in [3.8, 4) is 33.9 Å². The van der Waals surface area contributed by atoms with Crippen LogP contribution in [0.15, 0.2) is 159 Å². The van der Waals surface area contributed by atoms with Crippen LogP contribution in [-0.4, -0.2) is 195 Å². The molecular formula is C82H83F3N20O8. The van der Waals surface area contributed by atoms with Crippen molar-refractivity contribution in [1.29, 1.82) is 0 Å². The zero-order valence-corrected chi connectivity index (χ0v) is 62.7. The number of likely N-dealkylation sites (tertiary alicyclic amines) is 1. The Bertz CT molecular complexity index is 5630. The molecule has 28 nitrogen and oxygen atoms in total. The van der Waals surface area contributed by atoms with E-state index in [2.05, 4.69) is 104 Å². The smallest absolute Gasteiger partial charge is 0.254 e. The molecule has 580 valence electrons. The molecule has 0 unspecified atom stereocenters. The number of ether oxygens (including phenoxy) is 3. The number of carbonyl (C=O) groups is 3. The van der Waals surface area contributed by atoms with Crippen molar-refractivity contribution in [3.63, 3.8) is 0 Å². The summed E-state index contributed by atoms with van der Waals surface area (Å²) in [6.45, 7) is 15.6. The van der Waals surface area contributed by atoms with Crippen molar-refractivity contribution >= 4 is 91.5 Å². The van der Waals surface area contributed by atoms with Gasteiger partial charge in [-0.1, -0.05) is 18.2 Å². The van der Waals surface area contributed by atoms with Gasteiger partial charge in [-0.15, -0.1) is 0 Å². The van der Waals surface area contributed by atoms with Crippen LogP contribution in [0.5, 0.6) is 0 Å². The molecule has 0 aliphatic carbocycles. The molecule has 7 aliphatic rings. The van der Waals surface area contributed by atoms with Gasteiger partial charge < -0.3 is 75.6 Å². The highest BCUT2D eigenvalue weighted by atomic mass is 19.1. The Morgan fingerprint density at radius 2 is 1.06 bits per heavy atom. The third-order valence-electron chi connectivity index (χ3n) is 21.6. The molecule has 8 N–H and O–H groups in total. The molecule has 0 radical (unpaired) electrons. The molecule has 10 aromatic heterocycles. The van der Waals surface area contributed by atoms with E-state index in [1.54, 1.807) is 87.7 Å². The van der Waals surface area contributed by atoms with E-state index in [0.717, 1.165) is 87.8 Å². The van der Waals surface area contributed by atoms with Crippen LogP contribution in [0.25, 0.3) is 56.1 Å². The van der Waals surface area contributed by atoms with Crippen LogP contribution >= 0.6 is 0 Å². The molecule has 31 heteroatoms. The van der Waals surface area contributed by atoms with E-state index in [0.29, 0.717) is 146 Å². The Balaban J connectivity index is 0.000000123. The Labute approximate surface area is 647 Å². The van der Waals surface area contributed by atoms with Gasteiger partial charge in [0.2, 0.25) is 0 Å². The van der Waals surface area contributed by atoms with Gasteiger partial charge in [-0.05, 0) is 106 Å². The van der Waals surface area contributed by atoms with Gasteiger partial charge in [-0.2, -0.15) is 0 Å². The highest BCUT2D eigenvalue weighted by Crippen LogP contribution is 2.40. The fourth-order valence-electron chi connectivity index (χ4n) is 15.6. The Morgan fingerprint density at radius 3 is 1.65 bits per heavy atom. The quantitative estimate of drug-likeness (QED) is 0.0446. The zero-order valence-electron chi connectivity index (χ0n) is 62.7. The summed E-state index contributed by atoms with van der Waals surface area (Å²) < 4.78 is 63.9. The number of hydrogen-bond donors (Lipinski definition) is 8. The van der Waals surface area contributed by atoms with Crippen molar-refractivity contribution in [3.05, 3.63) is 204 Å². The summed E-state index contributed by atoms with van der Waals surface area (Å²) in [5, 5.41) is 40.3. The number of nitrogens with one attached hydrogen (secondary N) is 6. The second kappa shape index (κ2) is 30.2. The van der Waals surface area contributed by atoms with Crippen molar-refractivity contribution in [1.82, 2.24) is 69.1 Å². The van der Waals surface area contributed by atoms with E-state index >= 15 is 0 Å². The standard InChI is InChI=1S/C28H27F2N7O2.C28H30N6O3.C26H26FN7O3/c29-17-5-6-37-24(12-32-26(37)9-17)21-2-3-23(27-22(21)11-33-28(27)38)34-25-4-1-19(10-31-25)36-7-8-39-20(16-36)15-35-13-18(30)14-35;1-28(2,36)23-16-34(11-12-37-23)17-7-8-24(29-13-17)32-21-15-30-26(20-14-31-27(35)25(20)21)19-5-4-6-22-18(19)9-10-33(22)3;1-26(2,36)20-14-33(8-9-37-20)15-5-6-21(28-10-15)32-18-12-29-23(16-11-31-25(35)22(16)18)19-13-30-24-17(27)4-3-7-34(19)24/h1-6,9-10,12,18,20H,7-8,11,13-16H2,(H,31,34)(H,33,38);4-10,13,15,23,36H,11-12,14,16H2,1-3H3,(H,29,32)(H,31,35);3-7,10,12-13,20,36H,8-9,11,14H2,1-2H3,(H,28,32)(H,31,35)/t20-;23-;20-/m100/s1. The number of alkyl halides is 1. The van der Waals surface area contributed by atoms with Crippen LogP contribution in [0.2, 0.25) is 0 Å².